The first-order chi connectivity index (χ1) is 10.5. The molecule has 0 amide bonds. The summed E-state index contributed by atoms with van der Waals surface area (Å²) in [6, 6.07) is 8.06. The van der Waals surface area contributed by atoms with Crippen LogP contribution in [0.15, 0.2) is 30.3 Å². The number of ether oxygens (including phenoxy) is 2. The molecule has 3 N–H and O–H groups in total. The minimum Gasteiger partial charge on any atom is -0.382 e. The Bertz CT molecular complexity index is 471. The van der Waals surface area contributed by atoms with E-state index in [9.17, 15) is 14.0 Å². The summed E-state index contributed by atoms with van der Waals surface area (Å²) in [6.07, 6.45) is 0. The molecule has 0 spiro atoms. The quantitative estimate of drug-likeness (QED) is 0.547. The molecule has 3 atom stereocenters. The highest BCUT2D eigenvalue weighted by Gasteiger charge is 2.60. The first-order valence-electron chi connectivity index (χ1n) is 6.83. The van der Waals surface area contributed by atoms with Gasteiger partial charge in [0.15, 0.2) is 0 Å². The van der Waals surface area contributed by atoms with E-state index in [1.54, 1.807) is 25.1 Å². The van der Waals surface area contributed by atoms with Crippen LogP contribution in [0.3, 0.4) is 0 Å². The molecule has 126 valence electrons. The van der Waals surface area contributed by atoms with Crippen molar-refractivity contribution in [3.63, 3.8) is 0 Å². The minimum absolute atomic E-state index is 0.0953. The van der Waals surface area contributed by atoms with Crippen molar-refractivity contribution in [1.29, 1.82) is 0 Å². The van der Waals surface area contributed by atoms with Crippen molar-refractivity contribution in [2.45, 2.75) is 25.9 Å². The van der Waals surface area contributed by atoms with Crippen molar-refractivity contribution in [1.82, 2.24) is 0 Å². The van der Waals surface area contributed by atoms with Gasteiger partial charge in [0.05, 0.1) is 6.61 Å². The first kappa shape index (κ1) is 21.4. The van der Waals surface area contributed by atoms with Crippen LogP contribution in [0.5, 0.6) is 0 Å². The summed E-state index contributed by atoms with van der Waals surface area (Å²) in [4.78, 5) is 9.71. The van der Waals surface area contributed by atoms with Crippen LogP contribution in [0.25, 0.3) is 0 Å². The van der Waals surface area contributed by atoms with E-state index >= 15 is 0 Å². The summed E-state index contributed by atoms with van der Waals surface area (Å²) in [5, 5.41) is -1.93. The zero-order valence-electron chi connectivity index (χ0n) is 13.0. The number of hydrogen-bond donors (Lipinski definition) is 2. The Morgan fingerprint density at radius 2 is 1.73 bits per heavy atom. The molecule has 0 aromatic heterocycles. The van der Waals surface area contributed by atoms with E-state index in [0.29, 0.717) is 0 Å². The molecule has 1 aromatic carbocycles. The summed E-state index contributed by atoms with van der Waals surface area (Å²) >= 11 is 0. The van der Waals surface area contributed by atoms with E-state index in [-0.39, 0.29) is 12.2 Å². The monoisotopic (exact) mass is 352 g/mol. The van der Waals surface area contributed by atoms with Gasteiger partial charge in [-0.1, -0.05) is 34.9 Å². The lowest BCUT2D eigenvalue weighted by Gasteiger charge is -2.23. The Hall–Kier alpha value is -0.650. The zero-order chi connectivity index (χ0) is 17.1. The van der Waals surface area contributed by atoms with Crippen LogP contribution in [0.2, 0.25) is 0 Å². The second kappa shape index (κ2) is 11.0. The maximum atomic E-state index is 11.9. The van der Waals surface area contributed by atoms with E-state index in [1.165, 1.54) is 12.1 Å². The molecule has 0 radical (unpaired) electrons. The highest BCUT2D eigenvalue weighted by Crippen LogP contribution is 2.66. The maximum absolute atomic E-state index is 11.9. The molecule has 9 heteroatoms. The summed E-state index contributed by atoms with van der Waals surface area (Å²) in [5.74, 6) is 4.81. The third-order valence-corrected chi connectivity index (χ3v) is 5.91. The number of benzene rings is 1. The average Bonchev–Trinajstić information content (AvgIpc) is 2.54. The molecule has 3 unspecified atom stereocenters. The Kier molecular flexibility index (Phi) is 10.6. The second-order valence-electron chi connectivity index (χ2n) is 3.95. The smallest absolute Gasteiger partial charge is 0.382 e. The fourth-order valence-electron chi connectivity index (χ4n) is 1.63. The fourth-order valence-corrected chi connectivity index (χ4v) is 3.65. The molecule has 1 aromatic rings. The van der Waals surface area contributed by atoms with Crippen LogP contribution in [-0.2, 0) is 28.3 Å². The van der Waals surface area contributed by atoms with Crippen LogP contribution < -0.4 is 5.90 Å². The van der Waals surface area contributed by atoms with Gasteiger partial charge in [-0.15, -0.1) is 0 Å². The minimum atomic E-state index is -4.40. The molecule has 0 aliphatic heterocycles. The fraction of sp³-hybridized carbons (Fsp3) is 0.538. The van der Waals surface area contributed by atoms with Gasteiger partial charge in [-0.25, -0.2) is 15.1 Å². The van der Waals surface area contributed by atoms with Crippen LogP contribution in [0.1, 0.15) is 26.3 Å². The highest BCUT2D eigenvalue weighted by atomic mass is 31.2. The molecular formula is C13H24NO6P2+. The molecule has 0 heterocycles. The van der Waals surface area contributed by atoms with Crippen molar-refractivity contribution in [3.05, 3.63) is 35.9 Å². The van der Waals surface area contributed by atoms with Gasteiger partial charge in [-0.3, -0.25) is 0 Å². The number of rotatable bonds is 8. The molecule has 1 rings (SSSR count). The average molecular weight is 352 g/mol. The largest absolute Gasteiger partial charge is 0.430 e. The Morgan fingerprint density at radius 1 is 1.18 bits per heavy atom. The standard InChI is InChI=1S/C9H13NO5P2.C4H10O/c1-2-14-9(16-11,17(12,13)15-10)8-6-4-3-5-7-8;1-3-5-4-2/h3-7H,2,10H2,1H3,(H,12,13);3-4H2,1-2H3/p+1. The van der Waals surface area contributed by atoms with E-state index in [1.807, 2.05) is 13.8 Å². The van der Waals surface area contributed by atoms with Crippen molar-refractivity contribution in [2.75, 3.05) is 19.8 Å². The van der Waals surface area contributed by atoms with E-state index in [4.69, 9.17) is 15.4 Å². The molecule has 0 fully saturated rings. The van der Waals surface area contributed by atoms with Gasteiger partial charge < -0.3 is 14.4 Å². The van der Waals surface area contributed by atoms with Crippen LogP contribution in [0, 0.1) is 0 Å². The van der Waals surface area contributed by atoms with Gasteiger partial charge in [0.1, 0.15) is 0 Å². The SMILES string of the molecule is CCOC([PH+]=O)(c1ccccc1)P(=O)(O)ON.CCOCC. The highest BCUT2D eigenvalue weighted by molar-refractivity contribution is 7.63. The van der Waals surface area contributed by atoms with Gasteiger partial charge >= 0.3 is 21.1 Å². The van der Waals surface area contributed by atoms with Gasteiger partial charge in [-0.05, 0) is 20.8 Å². The molecule has 7 nitrogen and oxygen atoms in total. The molecule has 0 saturated heterocycles. The lowest BCUT2D eigenvalue weighted by molar-refractivity contribution is 0.0576. The second-order valence-corrected chi connectivity index (χ2v) is 7.16. The summed E-state index contributed by atoms with van der Waals surface area (Å²) in [7, 11) is -5.63. The lowest BCUT2D eigenvalue weighted by Crippen LogP contribution is -2.26. The zero-order valence-corrected chi connectivity index (χ0v) is 14.9. The summed E-state index contributed by atoms with van der Waals surface area (Å²) in [5.41, 5.74) is 0.284. The Morgan fingerprint density at radius 3 is 2.05 bits per heavy atom. The molecule has 0 aliphatic carbocycles. The summed E-state index contributed by atoms with van der Waals surface area (Å²) in [6.45, 7) is 7.38. The predicted molar refractivity (Wildman–Crippen MR) is 86.0 cm³/mol. The molecule has 0 aliphatic rings. The predicted octanol–water partition coefficient (Wildman–Crippen LogP) is 2.98. The molecule has 22 heavy (non-hydrogen) atoms. The van der Waals surface area contributed by atoms with Crippen molar-refractivity contribution >= 4 is 16.1 Å². The Balaban J connectivity index is 0.000000763. The van der Waals surface area contributed by atoms with Crippen LogP contribution in [-0.4, -0.2) is 24.7 Å². The molecule has 0 saturated carbocycles. The normalized spacial score (nSPS) is 16.2. The van der Waals surface area contributed by atoms with Crippen molar-refractivity contribution in [3.8, 4) is 0 Å². The van der Waals surface area contributed by atoms with E-state index in [2.05, 4.69) is 4.62 Å². The Labute approximate surface area is 132 Å². The van der Waals surface area contributed by atoms with Gasteiger partial charge in [0.2, 0.25) is 0 Å². The first-order valence-corrected chi connectivity index (χ1v) is 9.32. The molecule has 0 bridgehead atoms. The van der Waals surface area contributed by atoms with Gasteiger partial charge in [0, 0.05) is 18.8 Å². The van der Waals surface area contributed by atoms with Crippen LogP contribution in [0.4, 0.5) is 0 Å². The number of nitrogens with two attached hydrogens (primary N) is 1. The summed E-state index contributed by atoms with van der Waals surface area (Å²) < 4.78 is 37.4. The van der Waals surface area contributed by atoms with Gasteiger partial charge in [-0.2, -0.15) is 0 Å². The maximum Gasteiger partial charge on any atom is 0.430 e. The third kappa shape index (κ3) is 5.52. The van der Waals surface area contributed by atoms with Crippen molar-refractivity contribution < 1.29 is 28.1 Å². The van der Waals surface area contributed by atoms with E-state index < -0.39 is 21.1 Å². The topological polar surface area (TPSA) is 108 Å². The van der Waals surface area contributed by atoms with E-state index in [0.717, 1.165) is 13.2 Å². The lowest BCUT2D eigenvalue weighted by atomic mass is 10.2. The number of hydrogen-bond acceptors (Lipinski definition) is 6. The third-order valence-electron chi connectivity index (χ3n) is 2.61. The van der Waals surface area contributed by atoms with Crippen molar-refractivity contribution in [2.24, 2.45) is 5.90 Å². The molecular weight excluding hydrogens is 328 g/mol. The van der Waals surface area contributed by atoms with Gasteiger partial charge in [0.25, 0.3) is 0 Å². The van der Waals surface area contributed by atoms with Crippen LogP contribution >= 0.6 is 16.1 Å².